The topological polar surface area (TPSA) is 101 Å². The molecule has 2 amide bonds. The highest BCUT2D eigenvalue weighted by Gasteiger charge is 2.07. The van der Waals surface area contributed by atoms with Crippen molar-refractivity contribution in [3.05, 3.63) is 24.0 Å². The Morgan fingerprint density at radius 2 is 2.21 bits per heavy atom. The van der Waals surface area contributed by atoms with Crippen LogP contribution in [0.3, 0.4) is 0 Å². The molecule has 7 heteroatoms. The molecule has 0 radical (unpaired) electrons. The van der Waals surface area contributed by atoms with Crippen LogP contribution in [0.2, 0.25) is 0 Å². The van der Waals surface area contributed by atoms with Gasteiger partial charge in [-0.15, -0.1) is 0 Å². The molecule has 0 bridgehead atoms. The number of carboxylic acid groups (broad SMARTS) is 1. The van der Waals surface area contributed by atoms with Crippen LogP contribution in [-0.4, -0.2) is 42.4 Å². The third-order valence-corrected chi connectivity index (χ3v) is 2.30. The number of hydrogen-bond acceptors (Lipinski definition) is 4. The normalized spacial score (nSPS) is 11.7. The number of hydrogen-bond donors (Lipinski definition) is 3. The van der Waals surface area contributed by atoms with E-state index in [-0.39, 0.29) is 17.6 Å². The van der Waals surface area contributed by atoms with Crippen LogP contribution >= 0.6 is 0 Å². The lowest BCUT2D eigenvalue weighted by Gasteiger charge is -2.12. The highest BCUT2D eigenvalue weighted by atomic mass is 16.5. The first-order valence-electron chi connectivity index (χ1n) is 5.76. The third-order valence-electron chi connectivity index (χ3n) is 2.30. The molecule has 7 nitrogen and oxygen atoms in total. The maximum atomic E-state index is 11.5. The van der Waals surface area contributed by atoms with Gasteiger partial charge in [0.25, 0.3) is 0 Å². The van der Waals surface area contributed by atoms with Crippen molar-refractivity contribution in [2.24, 2.45) is 5.92 Å². The minimum absolute atomic E-state index is 0.0697. The minimum Gasteiger partial charge on any atom is -0.477 e. The Balaban J connectivity index is 2.42. The monoisotopic (exact) mass is 267 g/mol. The van der Waals surface area contributed by atoms with Crippen LogP contribution in [0.1, 0.15) is 17.4 Å². The number of aromatic carboxylic acids is 1. The highest BCUT2D eigenvalue weighted by molar-refractivity contribution is 5.90. The molecule has 0 saturated heterocycles. The quantitative estimate of drug-likeness (QED) is 0.718. The zero-order valence-corrected chi connectivity index (χ0v) is 10.8. The molecule has 1 aromatic heterocycles. The van der Waals surface area contributed by atoms with E-state index in [4.69, 9.17) is 9.84 Å². The van der Waals surface area contributed by atoms with Crippen molar-refractivity contribution in [1.82, 2.24) is 10.3 Å². The van der Waals surface area contributed by atoms with Crippen molar-refractivity contribution < 1.29 is 19.4 Å². The van der Waals surface area contributed by atoms with E-state index in [1.54, 1.807) is 7.11 Å². The molecule has 0 fully saturated rings. The van der Waals surface area contributed by atoms with E-state index in [1.165, 1.54) is 18.3 Å². The fourth-order valence-electron chi connectivity index (χ4n) is 1.38. The maximum Gasteiger partial charge on any atom is 0.354 e. The Kier molecular flexibility index (Phi) is 5.74. The van der Waals surface area contributed by atoms with E-state index < -0.39 is 5.97 Å². The molecule has 1 atom stereocenters. The predicted octanol–water partition coefficient (Wildman–Crippen LogP) is 1.18. The molecule has 1 aromatic rings. The van der Waals surface area contributed by atoms with Crippen molar-refractivity contribution in [2.45, 2.75) is 6.92 Å². The average molecular weight is 267 g/mol. The van der Waals surface area contributed by atoms with E-state index in [1.807, 2.05) is 6.92 Å². The maximum absolute atomic E-state index is 11.5. The zero-order chi connectivity index (χ0) is 14.3. The number of nitrogens with zero attached hydrogens (tertiary/aromatic N) is 1. The number of methoxy groups -OCH3 is 1. The number of pyridine rings is 1. The number of ether oxygens (including phenoxy) is 1. The van der Waals surface area contributed by atoms with Crippen LogP contribution in [-0.2, 0) is 4.74 Å². The molecule has 0 aliphatic rings. The highest BCUT2D eigenvalue weighted by Crippen LogP contribution is 2.06. The Bertz CT molecular complexity index is 433. The second-order valence-electron chi connectivity index (χ2n) is 4.13. The summed E-state index contributed by atoms with van der Waals surface area (Å²) in [5.41, 5.74) is 0.363. The fourth-order valence-corrected chi connectivity index (χ4v) is 1.38. The van der Waals surface area contributed by atoms with Gasteiger partial charge >= 0.3 is 12.0 Å². The van der Waals surface area contributed by atoms with Crippen LogP contribution in [0.25, 0.3) is 0 Å². The van der Waals surface area contributed by atoms with E-state index in [9.17, 15) is 9.59 Å². The molecule has 0 spiro atoms. The van der Waals surface area contributed by atoms with Gasteiger partial charge in [-0.25, -0.2) is 14.6 Å². The number of nitrogens with one attached hydrogen (secondary N) is 2. The molecule has 19 heavy (non-hydrogen) atoms. The molecule has 3 N–H and O–H groups in total. The summed E-state index contributed by atoms with van der Waals surface area (Å²) in [6.45, 7) is 3.00. The number of anilines is 1. The molecular formula is C12H17N3O4. The van der Waals surface area contributed by atoms with Gasteiger partial charge in [0, 0.05) is 13.7 Å². The lowest BCUT2D eigenvalue weighted by molar-refractivity contribution is 0.0690. The average Bonchev–Trinajstić information content (AvgIpc) is 2.37. The number of urea groups is 1. The smallest absolute Gasteiger partial charge is 0.354 e. The minimum atomic E-state index is -1.11. The SMILES string of the molecule is COCC(C)CNC(=O)Nc1ccc(C(=O)O)nc1. The summed E-state index contributed by atoms with van der Waals surface area (Å²) in [5.74, 6) is -0.896. The van der Waals surface area contributed by atoms with Crippen LogP contribution in [0.4, 0.5) is 10.5 Å². The number of rotatable bonds is 6. The molecule has 0 aromatic carbocycles. The van der Waals surface area contributed by atoms with Crippen molar-refractivity contribution in [2.75, 3.05) is 25.6 Å². The fraction of sp³-hybridized carbons (Fsp3) is 0.417. The van der Waals surface area contributed by atoms with Crippen LogP contribution in [0.15, 0.2) is 18.3 Å². The van der Waals surface area contributed by atoms with Gasteiger partial charge in [-0.1, -0.05) is 6.92 Å². The Hall–Kier alpha value is -2.15. The lowest BCUT2D eigenvalue weighted by Crippen LogP contribution is -2.33. The van der Waals surface area contributed by atoms with Gasteiger partial charge in [0.1, 0.15) is 5.69 Å². The molecule has 0 aliphatic heterocycles. The number of carbonyl (C=O) groups is 2. The van der Waals surface area contributed by atoms with Crippen molar-refractivity contribution in [3.8, 4) is 0 Å². The lowest BCUT2D eigenvalue weighted by atomic mass is 10.2. The standard InChI is InChI=1S/C12H17N3O4/c1-8(7-19-2)5-14-12(18)15-9-3-4-10(11(16)17)13-6-9/h3-4,6,8H,5,7H2,1-2H3,(H,16,17)(H2,14,15,18). The number of carboxylic acids is 1. The Morgan fingerprint density at radius 3 is 2.74 bits per heavy atom. The number of amides is 2. The summed E-state index contributed by atoms with van der Waals surface area (Å²) in [7, 11) is 1.60. The molecule has 1 heterocycles. The summed E-state index contributed by atoms with van der Waals surface area (Å²) in [4.78, 5) is 25.8. The summed E-state index contributed by atoms with van der Waals surface area (Å²) < 4.78 is 4.95. The third kappa shape index (κ3) is 5.35. The molecule has 104 valence electrons. The second-order valence-corrected chi connectivity index (χ2v) is 4.13. The Morgan fingerprint density at radius 1 is 1.47 bits per heavy atom. The number of aromatic nitrogens is 1. The first-order valence-corrected chi connectivity index (χ1v) is 5.76. The van der Waals surface area contributed by atoms with Gasteiger partial charge in [-0.2, -0.15) is 0 Å². The van der Waals surface area contributed by atoms with Gasteiger partial charge in [0.15, 0.2) is 0 Å². The molecule has 0 saturated carbocycles. The Labute approximate surface area is 111 Å². The predicted molar refractivity (Wildman–Crippen MR) is 69.3 cm³/mol. The molecular weight excluding hydrogens is 250 g/mol. The summed E-state index contributed by atoms with van der Waals surface area (Å²) in [5, 5.41) is 13.9. The van der Waals surface area contributed by atoms with Gasteiger partial charge in [0.2, 0.25) is 0 Å². The van der Waals surface area contributed by atoms with E-state index in [2.05, 4.69) is 15.6 Å². The van der Waals surface area contributed by atoms with E-state index >= 15 is 0 Å². The van der Waals surface area contributed by atoms with Crippen LogP contribution < -0.4 is 10.6 Å². The van der Waals surface area contributed by atoms with Gasteiger partial charge in [-0.3, -0.25) is 0 Å². The second kappa shape index (κ2) is 7.32. The summed E-state index contributed by atoms with van der Waals surface area (Å²) in [6.07, 6.45) is 1.29. The van der Waals surface area contributed by atoms with E-state index in [0.717, 1.165) is 0 Å². The first kappa shape index (κ1) is 14.9. The van der Waals surface area contributed by atoms with Crippen molar-refractivity contribution >= 4 is 17.7 Å². The molecule has 0 aliphatic carbocycles. The van der Waals surface area contributed by atoms with Gasteiger partial charge in [0.05, 0.1) is 18.5 Å². The molecule has 1 unspecified atom stereocenters. The van der Waals surface area contributed by atoms with Gasteiger partial charge < -0.3 is 20.5 Å². The summed E-state index contributed by atoms with van der Waals surface area (Å²) >= 11 is 0. The van der Waals surface area contributed by atoms with Crippen LogP contribution in [0.5, 0.6) is 0 Å². The van der Waals surface area contributed by atoms with Crippen molar-refractivity contribution in [1.29, 1.82) is 0 Å². The van der Waals surface area contributed by atoms with Crippen molar-refractivity contribution in [3.63, 3.8) is 0 Å². The zero-order valence-electron chi connectivity index (χ0n) is 10.8. The van der Waals surface area contributed by atoms with Gasteiger partial charge in [-0.05, 0) is 18.1 Å². The molecule has 1 rings (SSSR count). The van der Waals surface area contributed by atoms with E-state index in [0.29, 0.717) is 18.8 Å². The first-order chi connectivity index (χ1) is 9.02. The largest absolute Gasteiger partial charge is 0.477 e. The number of carbonyl (C=O) groups excluding carboxylic acids is 1. The summed E-state index contributed by atoms with van der Waals surface area (Å²) in [6, 6.07) is 2.44. The van der Waals surface area contributed by atoms with Crippen LogP contribution in [0, 0.1) is 5.92 Å².